The van der Waals surface area contributed by atoms with Gasteiger partial charge in [-0.2, -0.15) is 0 Å². The van der Waals surface area contributed by atoms with Crippen LogP contribution in [0.3, 0.4) is 0 Å². The lowest BCUT2D eigenvalue weighted by atomic mass is 9.92. The van der Waals surface area contributed by atoms with Crippen LogP contribution in [-0.2, 0) is 4.74 Å². The van der Waals surface area contributed by atoms with E-state index < -0.39 is 0 Å². The van der Waals surface area contributed by atoms with E-state index >= 15 is 0 Å². The van der Waals surface area contributed by atoms with Crippen molar-refractivity contribution in [2.75, 3.05) is 6.61 Å². The molecule has 0 aromatic rings. The van der Waals surface area contributed by atoms with Crippen molar-refractivity contribution in [2.24, 2.45) is 11.8 Å². The number of ether oxygens (including phenoxy) is 1. The lowest BCUT2D eigenvalue weighted by molar-refractivity contribution is 0.0132. The molecule has 3 N–H and O–H groups in total. The summed E-state index contributed by atoms with van der Waals surface area (Å²) in [5.41, 5.74) is 2.90. The first-order valence-corrected chi connectivity index (χ1v) is 5.78. The smallest absolute Gasteiger partial charge is 0.0743 e. The lowest BCUT2D eigenvalue weighted by Gasteiger charge is -2.30. The first-order valence-electron chi connectivity index (χ1n) is 5.78. The van der Waals surface area contributed by atoms with Crippen molar-refractivity contribution in [2.45, 2.75) is 59.1 Å². The Morgan fingerprint density at radius 3 is 2.29 bits per heavy atom. The molecule has 0 aliphatic carbocycles. The molecule has 0 saturated heterocycles. The van der Waals surface area contributed by atoms with Crippen LogP contribution in [0.4, 0.5) is 0 Å². The first kappa shape index (κ1) is 13.9. The predicted octanol–water partition coefficient (Wildman–Crippen LogP) is 2.07. The van der Waals surface area contributed by atoms with E-state index in [9.17, 15) is 0 Å². The van der Waals surface area contributed by atoms with Crippen molar-refractivity contribution in [1.29, 1.82) is 0 Å². The molecule has 0 rings (SSSR count). The average Bonchev–Trinajstić information content (AvgIpc) is 2.19. The van der Waals surface area contributed by atoms with E-state index in [2.05, 4.69) is 26.2 Å². The fourth-order valence-corrected chi connectivity index (χ4v) is 1.76. The van der Waals surface area contributed by atoms with Gasteiger partial charge in [-0.3, -0.25) is 11.3 Å². The Labute approximate surface area is 88.4 Å². The van der Waals surface area contributed by atoms with Gasteiger partial charge in [-0.15, -0.1) is 0 Å². The van der Waals surface area contributed by atoms with Gasteiger partial charge in [-0.1, -0.05) is 33.6 Å². The Morgan fingerprint density at radius 2 is 1.93 bits per heavy atom. The van der Waals surface area contributed by atoms with E-state index in [1.54, 1.807) is 0 Å². The Hall–Kier alpha value is -0.120. The molecular formula is C11H26N2O. The van der Waals surface area contributed by atoms with Gasteiger partial charge in [-0.05, 0) is 19.3 Å². The van der Waals surface area contributed by atoms with Gasteiger partial charge in [0.25, 0.3) is 0 Å². The largest absolute Gasteiger partial charge is 0.377 e. The molecule has 0 radical (unpaired) electrons. The average molecular weight is 202 g/mol. The van der Waals surface area contributed by atoms with E-state index in [1.807, 2.05) is 6.92 Å². The van der Waals surface area contributed by atoms with Crippen molar-refractivity contribution in [3.8, 4) is 0 Å². The Morgan fingerprint density at radius 1 is 1.29 bits per heavy atom. The third-order valence-electron chi connectivity index (χ3n) is 2.80. The van der Waals surface area contributed by atoms with Crippen LogP contribution in [0.25, 0.3) is 0 Å². The van der Waals surface area contributed by atoms with Gasteiger partial charge in [0.05, 0.1) is 6.10 Å². The Kier molecular flexibility index (Phi) is 8.14. The zero-order valence-corrected chi connectivity index (χ0v) is 10.0. The highest BCUT2D eigenvalue weighted by Gasteiger charge is 2.24. The molecule has 3 heteroatoms. The fraction of sp³-hybridized carbons (Fsp3) is 1.00. The molecule has 3 atom stereocenters. The molecule has 0 amide bonds. The summed E-state index contributed by atoms with van der Waals surface area (Å²) in [5, 5.41) is 0. The Bertz CT molecular complexity index is 124. The highest BCUT2D eigenvalue weighted by atomic mass is 16.5. The van der Waals surface area contributed by atoms with Crippen molar-refractivity contribution >= 4 is 0 Å². The normalized spacial score (nSPS) is 17.8. The standard InChI is InChI=1S/C11H26N2O/c1-5-8-10(14-7-3)11(13-12)9(4)6-2/h9-11,13H,5-8,12H2,1-4H3. The summed E-state index contributed by atoms with van der Waals surface area (Å²) in [4.78, 5) is 0. The molecule has 0 bridgehead atoms. The highest BCUT2D eigenvalue weighted by Crippen LogP contribution is 2.16. The van der Waals surface area contributed by atoms with Gasteiger partial charge in [0, 0.05) is 12.6 Å². The maximum absolute atomic E-state index is 5.72. The molecule has 0 saturated carbocycles. The molecular weight excluding hydrogens is 176 g/mol. The minimum atomic E-state index is 0.255. The number of nitrogens with two attached hydrogens (primary N) is 1. The van der Waals surface area contributed by atoms with Gasteiger partial charge in [0.1, 0.15) is 0 Å². The zero-order valence-electron chi connectivity index (χ0n) is 10.0. The van der Waals surface area contributed by atoms with Crippen LogP contribution in [-0.4, -0.2) is 18.8 Å². The van der Waals surface area contributed by atoms with E-state index in [4.69, 9.17) is 10.6 Å². The molecule has 0 fully saturated rings. The van der Waals surface area contributed by atoms with E-state index in [0.29, 0.717) is 5.92 Å². The molecule has 0 spiro atoms. The summed E-state index contributed by atoms with van der Waals surface area (Å²) in [6.07, 6.45) is 3.60. The second-order valence-electron chi connectivity index (χ2n) is 3.86. The second kappa shape index (κ2) is 8.21. The maximum Gasteiger partial charge on any atom is 0.0743 e. The number of nitrogens with one attached hydrogen (secondary N) is 1. The third kappa shape index (κ3) is 4.40. The van der Waals surface area contributed by atoms with Crippen molar-refractivity contribution in [3.05, 3.63) is 0 Å². The third-order valence-corrected chi connectivity index (χ3v) is 2.80. The molecule has 0 aliphatic rings. The summed E-state index contributed by atoms with van der Waals surface area (Å²) >= 11 is 0. The molecule has 0 heterocycles. The van der Waals surface area contributed by atoms with E-state index in [1.165, 1.54) is 0 Å². The summed E-state index contributed by atoms with van der Waals surface area (Å²) in [5.74, 6) is 6.14. The van der Waals surface area contributed by atoms with E-state index in [0.717, 1.165) is 25.9 Å². The van der Waals surface area contributed by atoms with Crippen molar-refractivity contribution in [1.82, 2.24) is 5.43 Å². The van der Waals surface area contributed by atoms with Gasteiger partial charge in [0.15, 0.2) is 0 Å². The van der Waals surface area contributed by atoms with Crippen LogP contribution in [0.2, 0.25) is 0 Å². The van der Waals surface area contributed by atoms with Crippen LogP contribution in [0.1, 0.15) is 47.0 Å². The van der Waals surface area contributed by atoms with Crippen LogP contribution in [0.15, 0.2) is 0 Å². The first-order chi connectivity index (χ1) is 6.71. The number of hydrogen-bond donors (Lipinski definition) is 2. The van der Waals surface area contributed by atoms with Gasteiger partial charge in [-0.25, -0.2) is 0 Å². The second-order valence-corrected chi connectivity index (χ2v) is 3.86. The molecule has 0 aromatic heterocycles. The quantitative estimate of drug-likeness (QED) is 0.468. The molecule has 86 valence electrons. The van der Waals surface area contributed by atoms with E-state index in [-0.39, 0.29) is 12.1 Å². The highest BCUT2D eigenvalue weighted by molar-refractivity contribution is 4.79. The fourth-order valence-electron chi connectivity index (χ4n) is 1.76. The molecule has 3 unspecified atom stereocenters. The topological polar surface area (TPSA) is 47.3 Å². The summed E-state index contributed by atoms with van der Waals surface area (Å²) < 4.78 is 5.72. The van der Waals surface area contributed by atoms with Gasteiger partial charge in [0.2, 0.25) is 0 Å². The van der Waals surface area contributed by atoms with Crippen LogP contribution in [0, 0.1) is 5.92 Å². The summed E-state index contributed by atoms with van der Waals surface area (Å²) in [7, 11) is 0. The van der Waals surface area contributed by atoms with Gasteiger partial charge < -0.3 is 4.74 Å². The minimum absolute atomic E-state index is 0.255. The summed E-state index contributed by atoms with van der Waals surface area (Å²) in [6.45, 7) is 9.37. The van der Waals surface area contributed by atoms with Gasteiger partial charge >= 0.3 is 0 Å². The van der Waals surface area contributed by atoms with Crippen molar-refractivity contribution in [3.63, 3.8) is 0 Å². The SMILES string of the molecule is CCCC(OCC)C(NN)C(C)CC. The van der Waals surface area contributed by atoms with Crippen LogP contribution < -0.4 is 11.3 Å². The Balaban J connectivity index is 4.24. The zero-order chi connectivity index (χ0) is 11.0. The molecule has 0 aromatic carbocycles. The monoisotopic (exact) mass is 202 g/mol. The molecule has 0 aliphatic heterocycles. The number of rotatable bonds is 8. The number of hydrogen-bond acceptors (Lipinski definition) is 3. The predicted molar refractivity (Wildman–Crippen MR) is 60.9 cm³/mol. The number of hydrazine groups is 1. The van der Waals surface area contributed by atoms with Crippen molar-refractivity contribution < 1.29 is 4.74 Å². The molecule has 3 nitrogen and oxygen atoms in total. The van der Waals surface area contributed by atoms with Crippen LogP contribution in [0.5, 0.6) is 0 Å². The minimum Gasteiger partial charge on any atom is -0.377 e. The molecule has 14 heavy (non-hydrogen) atoms. The maximum atomic E-state index is 5.72. The van der Waals surface area contributed by atoms with Crippen LogP contribution >= 0.6 is 0 Å². The summed E-state index contributed by atoms with van der Waals surface area (Å²) in [6, 6.07) is 0.278. The lowest BCUT2D eigenvalue weighted by Crippen LogP contribution is -2.49.